The van der Waals surface area contributed by atoms with Gasteiger partial charge in [-0.15, -0.1) is 0 Å². The molecular weight excluding hydrogens is 370 g/mol. The number of hydrogen-bond donors (Lipinski definition) is 0. The Kier molecular flexibility index (Phi) is 5.74. The molecule has 3 amide bonds. The zero-order chi connectivity index (χ0) is 20.4. The monoisotopic (exact) mass is 399 g/mol. The number of rotatable bonds is 3. The fraction of sp³-hybridized carbons (Fsp3) is 0.591. The van der Waals surface area contributed by atoms with Crippen LogP contribution in [0.2, 0.25) is 0 Å². The van der Waals surface area contributed by atoms with Crippen molar-refractivity contribution in [1.29, 1.82) is 0 Å². The third kappa shape index (κ3) is 4.23. The Morgan fingerprint density at radius 3 is 2.10 bits per heavy atom. The first-order valence-corrected chi connectivity index (χ1v) is 10.6. The molecule has 4 rings (SSSR count). The lowest BCUT2D eigenvalue weighted by molar-refractivity contribution is -0.138. The van der Waals surface area contributed by atoms with E-state index in [4.69, 9.17) is 4.74 Å². The van der Waals surface area contributed by atoms with Crippen LogP contribution in [0.3, 0.4) is 0 Å². The molecule has 1 aromatic rings. The molecule has 0 spiro atoms. The van der Waals surface area contributed by atoms with Crippen molar-refractivity contribution in [1.82, 2.24) is 14.7 Å². The summed E-state index contributed by atoms with van der Waals surface area (Å²) in [6.07, 6.45) is 2.83. The Balaban J connectivity index is 1.25. The number of hydrogen-bond acceptors (Lipinski definition) is 4. The minimum Gasteiger partial charge on any atom is -0.448 e. The van der Waals surface area contributed by atoms with Gasteiger partial charge in [-0.05, 0) is 44.7 Å². The fourth-order valence-electron chi connectivity index (χ4n) is 4.60. The first-order valence-electron chi connectivity index (χ1n) is 10.6. The van der Waals surface area contributed by atoms with Gasteiger partial charge >= 0.3 is 6.09 Å². The number of cyclic esters (lactones) is 1. The third-order valence-corrected chi connectivity index (χ3v) is 6.44. The zero-order valence-corrected chi connectivity index (χ0v) is 17.0. The molecule has 0 unspecified atom stereocenters. The number of amides is 3. The predicted molar refractivity (Wildman–Crippen MR) is 107 cm³/mol. The van der Waals surface area contributed by atoms with Gasteiger partial charge in [-0.2, -0.15) is 0 Å². The molecule has 0 N–H and O–H groups in total. The van der Waals surface area contributed by atoms with Gasteiger partial charge in [0.05, 0.1) is 6.54 Å². The van der Waals surface area contributed by atoms with Crippen LogP contribution >= 0.6 is 0 Å². The summed E-state index contributed by atoms with van der Waals surface area (Å²) in [5.74, 6) is 0.245. The summed E-state index contributed by atoms with van der Waals surface area (Å²) in [6.45, 7) is 5.76. The van der Waals surface area contributed by atoms with Crippen molar-refractivity contribution in [2.45, 2.75) is 38.6 Å². The summed E-state index contributed by atoms with van der Waals surface area (Å²) in [6, 6.07) is 7.83. The highest BCUT2D eigenvalue weighted by Crippen LogP contribution is 2.25. The van der Waals surface area contributed by atoms with E-state index in [0.717, 1.165) is 31.2 Å². The minimum absolute atomic E-state index is 0.00892. The fourth-order valence-corrected chi connectivity index (χ4v) is 4.60. The lowest BCUT2D eigenvalue weighted by atomic mass is 9.93. The average Bonchev–Trinajstić information content (AvgIpc) is 3.19. The van der Waals surface area contributed by atoms with Gasteiger partial charge in [-0.1, -0.05) is 17.7 Å². The van der Waals surface area contributed by atoms with Crippen LogP contribution in [0.1, 0.15) is 41.6 Å². The van der Waals surface area contributed by atoms with E-state index in [2.05, 4.69) is 0 Å². The Morgan fingerprint density at radius 2 is 1.52 bits per heavy atom. The summed E-state index contributed by atoms with van der Waals surface area (Å²) in [7, 11) is 0. The Morgan fingerprint density at radius 1 is 0.897 bits per heavy atom. The predicted octanol–water partition coefficient (Wildman–Crippen LogP) is 2.29. The molecule has 7 heteroatoms. The maximum absolute atomic E-state index is 12.9. The van der Waals surface area contributed by atoms with Crippen molar-refractivity contribution in [2.24, 2.45) is 5.92 Å². The van der Waals surface area contributed by atoms with E-state index in [1.54, 1.807) is 4.90 Å². The zero-order valence-electron chi connectivity index (χ0n) is 17.0. The summed E-state index contributed by atoms with van der Waals surface area (Å²) < 4.78 is 5.03. The molecule has 3 fully saturated rings. The topological polar surface area (TPSA) is 70.2 Å². The van der Waals surface area contributed by atoms with Gasteiger partial charge in [0.15, 0.2) is 0 Å². The summed E-state index contributed by atoms with van der Waals surface area (Å²) in [5, 5.41) is 0. The quantitative estimate of drug-likeness (QED) is 0.782. The van der Waals surface area contributed by atoms with Gasteiger partial charge in [0, 0.05) is 43.7 Å². The van der Waals surface area contributed by atoms with Crippen LogP contribution < -0.4 is 0 Å². The molecule has 0 aliphatic carbocycles. The molecular formula is C22H29N3O4. The van der Waals surface area contributed by atoms with Crippen molar-refractivity contribution in [2.75, 3.05) is 39.3 Å². The van der Waals surface area contributed by atoms with Crippen molar-refractivity contribution in [3.05, 3.63) is 35.4 Å². The van der Waals surface area contributed by atoms with E-state index >= 15 is 0 Å². The lowest BCUT2D eigenvalue weighted by Crippen LogP contribution is -2.50. The second-order valence-corrected chi connectivity index (χ2v) is 8.30. The van der Waals surface area contributed by atoms with Crippen molar-refractivity contribution in [3.8, 4) is 0 Å². The molecule has 29 heavy (non-hydrogen) atoms. The highest BCUT2D eigenvalue weighted by Gasteiger charge is 2.36. The molecule has 0 atom stereocenters. The second-order valence-electron chi connectivity index (χ2n) is 8.30. The number of benzene rings is 1. The normalized spacial score (nSPS) is 21.4. The second kappa shape index (κ2) is 8.43. The number of piperidine rings is 2. The van der Waals surface area contributed by atoms with Gasteiger partial charge in [0.1, 0.15) is 6.61 Å². The van der Waals surface area contributed by atoms with E-state index in [1.807, 2.05) is 41.0 Å². The number of aryl methyl sites for hydroxylation is 1. The van der Waals surface area contributed by atoms with E-state index in [0.29, 0.717) is 44.9 Å². The molecule has 0 aromatic heterocycles. The van der Waals surface area contributed by atoms with Gasteiger partial charge in [-0.3, -0.25) is 9.59 Å². The number of ether oxygens (including phenoxy) is 1. The molecule has 3 heterocycles. The van der Waals surface area contributed by atoms with Crippen LogP contribution in [-0.2, 0) is 9.53 Å². The Hall–Kier alpha value is -2.57. The number of carbonyl (C=O) groups excluding carboxylic acids is 3. The largest absolute Gasteiger partial charge is 0.448 e. The van der Waals surface area contributed by atoms with Crippen molar-refractivity contribution in [3.63, 3.8) is 0 Å². The summed E-state index contributed by atoms with van der Waals surface area (Å²) >= 11 is 0. The SMILES string of the molecule is Cc1ccc(C(=O)N2CCC(C(=O)N3CCC(N4CCOC4=O)CC3)CC2)cc1. The average molecular weight is 399 g/mol. The van der Waals surface area contributed by atoms with Crippen LogP contribution in [0.5, 0.6) is 0 Å². The first kappa shape index (κ1) is 19.7. The lowest BCUT2D eigenvalue weighted by Gasteiger charge is -2.39. The molecule has 3 saturated heterocycles. The number of nitrogens with zero attached hydrogens (tertiary/aromatic N) is 3. The molecule has 3 aliphatic rings. The standard InChI is InChI=1S/C22H29N3O4/c1-16-2-4-17(5-3-16)20(26)23-10-6-18(7-11-23)21(27)24-12-8-19(9-13-24)25-14-15-29-22(25)28/h2-5,18-19H,6-15H2,1H3. The highest BCUT2D eigenvalue weighted by atomic mass is 16.6. The molecule has 0 radical (unpaired) electrons. The Labute approximate surface area is 171 Å². The van der Waals surface area contributed by atoms with Gasteiger partial charge in [-0.25, -0.2) is 4.79 Å². The van der Waals surface area contributed by atoms with Crippen LogP contribution in [0.15, 0.2) is 24.3 Å². The van der Waals surface area contributed by atoms with Gasteiger partial charge < -0.3 is 19.4 Å². The molecule has 156 valence electrons. The summed E-state index contributed by atoms with van der Waals surface area (Å²) in [5.41, 5.74) is 1.85. The highest BCUT2D eigenvalue weighted by molar-refractivity contribution is 5.94. The van der Waals surface area contributed by atoms with Gasteiger partial charge in [0.25, 0.3) is 5.91 Å². The van der Waals surface area contributed by atoms with Crippen molar-refractivity contribution < 1.29 is 19.1 Å². The minimum atomic E-state index is -0.222. The number of likely N-dealkylation sites (tertiary alicyclic amines) is 2. The van der Waals surface area contributed by atoms with Crippen molar-refractivity contribution >= 4 is 17.9 Å². The smallest absolute Gasteiger partial charge is 0.410 e. The number of carbonyl (C=O) groups is 3. The van der Waals surface area contributed by atoms with E-state index in [-0.39, 0.29) is 29.9 Å². The maximum atomic E-state index is 12.9. The molecule has 7 nitrogen and oxygen atoms in total. The van der Waals surface area contributed by atoms with E-state index in [9.17, 15) is 14.4 Å². The van der Waals surface area contributed by atoms with Crippen LogP contribution in [0.25, 0.3) is 0 Å². The molecule has 0 bridgehead atoms. The molecule has 3 aliphatic heterocycles. The van der Waals surface area contributed by atoms with Gasteiger partial charge in [0.2, 0.25) is 5.91 Å². The first-order chi connectivity index (χ1) is 14.0. The Bertz CT molecular complexity index is 763. The van der Waals surface area contributed by atoms with Crippen LogP contribution in [0.4, 0.5) is 4.79 Å². The molecule has 1 aromatic carbocycles. The van der Waals surface area contributed by atoms with E-state index in [1.165, 1.54) is 0 Å². The van der Waals surface area contributed by atoms with E-state index < -0.39 is 0 Å². The molecule has 0 saturated carbocycles. The summed E-state index contributed by atoms with van der Waals surface area (Å²) in [4.78, 5) is 43.0. The van der Waals surface area contributed by atoms with Crippen LogP contribution in [0, 0.1) is 12.8 Å². The maximum Gasteiger partial charge on any atom is 0.410 e. The van der Waals surface area contributed by atoms with Crippen LogP contribution in [-0.4, -0.2) is 78.0 Å². The third-order valence-electron chi connectivity index (χ3n) is 6.44.